The summed E-state index contributed by atoms with van der Waals surface area (Å²) in [6.07, 6.45) is 1.40. The number of aryl methyl sites for hydroxylation is 1. The van der Waals surface area contributed by atoms with Gasteiger partial charge in [0.1, 0.15) is 6.61 Å². The number of hydrogen-bond donors (Lipinski definition) is 2. The lowest BCUT2D eigenvalue weighted by Gasteiger charge is -2.14. The van der Waals surface area contributed by atoms with E-state index in [-0.39, 0.29) is 30.6 Å². The number of amides is 2. The van der Waals surface area contributed by atoms with Gasteiger partial charge in [-0.15, -0.1) is 0 Å². The van der Waals surface area contributed by atoms with E-state index >= 15 is 0 Å². The Morgan fingerprint density at radius 1 is 1.04 bits per heavy atom. The van der Waals surface area contributed by atoms with Crippen LogP contribution in [0.5, 0.6) is 5.75 Å². The molecule has 0 atom stereocenters. The summed E-state index contributed by atoms with van der Waals surface area (Å²) in [5, 5.41) is 5.41. The molecule has 0 aliphatic heterocycles. The van der Waals surface area contributed by atoms with Crippen LogP contribution in [0.1, 0.15) is 26.5 Å². The molecule has 0 unspecified atom stereocenters. The first-order chi connectivity index (χ1) is 13.6. The van der Waals surface area contributed by atoms with E-state index < -0.39 is 11.7 Å². The lowest BCUT2D eigenvalue weighted by atomic mass is 10.1. The van der Waals surface area contributed by atoms with Gasteiger partial charge < -0.3 is 19.8 Å². The van der Waals surface area contributed by atoms with Gasteiger partial charge in [0.15, 0.2) is 17.3 Å². The fourth-order valence-corrected chi connectivity index (χ4v) is 2.59. The van der Waals surface area contributed by atoms with Crippen LogP contribution in [0, 0.1) is 12.7 Å². The van der Waals surface area contributed by atoms with Crippen LogP contribution < -0.4 is 15.4 Å². The van der Waals surface area contributed by atoms with Crippen LogP contribution in [0.25, 0.3) is 0 Å². The molecule has 2 N–H and O–H groups in total. The number of rotatable bonds is 7. The van der Waals surface area contributed by atoms with E-state index in [1.165, 1.54) is 24.5 Å². The van der Waals surface area contributed by atoms with Crippen molar-refractivity contribution in [2.24, 2.45) is 0 Å². The van der Waals surface area contributed by atoms with Crippen molar-refractivity contribution in [2.45, 2.75) is 6.92 Å². The van der Waals surface area contributed by atoms with Gasteiger partial charge in [-0.1, -0.05) is 24.3 Å². The van der Waals surface area contributed by atoms with Gasteiger partial charge in [-0.25, -0.2) is 4.39 Å². The zero-order valence-corrected chi connectivity index (χ0v) is 15.2. The van der Waals surface area contributed by atoms with Crippen LogP contribution in [-0.4, -0.2) is 25.0 Å². The predicted molar refractivity (Wildman–Crippen MR) is 102 cm³/mol. The molecule has 3 aromatic rings. The Kier molecular flexibility index (Phi) is 6.06. The first-order valence-electron chi connectivity index (χ1n) is 8.66. The van der Waals surface area contributed by atoms with Crippen LogP contribution in [0.4, 0.5) is 10.1 Å². The van der Waals surface area contributed by atoms with E-state index in [4.69, 9.17) is 9.15 Å². The third-order valence-electron chi connectivity index (χ3n) is 3.98. The van der Waals surface area contributed by atoms with Gasteiger partial charge in [-0.3, -0.25) is 9.59 Å². The number of halogens is 1. The molecule has 0 saturated carbocycles. The van der Waals surface area contributed by atoms with Gasteiger partial charge in [0.25, 0.3) is 11.8 Å². The molecule has 6 nitrogen and oxygen atoms in total. The number of benzene rings is 2. The quantitative estimate of drug-likeness (QED) is 0.609. The zero-order valence-electron chi connectivity index (χ0n) is 15.2. The second-order valence-electron chi connectivity index (χ2n) is 5.96. The van der Waals surface area contributed by atoms with Crippen LogP contribution in [-0.2, 0) is 0 Å². The molecule has 2 aromatic carbocycles. The summed E-state index contributed by atoms with van der Waals surface area (Å²) in [6.45, 7) is 2.06. The lowest BCUT2D eigenvalue weighted by molar-refractivity contribution is 0.0947. The van der Waals surface area contributed by atoms with E-state index in [9.17, 15) is 14.0 Å². The summed E-state index contributed by atoms with van der Waals surface area (Å²) >= 11 is 0. The Morgan fingerprint density at radius 3 is 2.61 bits per heavy atom. The molecule has 0 aliphatic carbocycles. The van der Waals surface area contributed by atoms with E-state index in [1.807, 2.05) is 0 Å². The fraction of sp³-hybridized carbons (Fsp3) is 0.143. The van der Waals surface area contributed by atoms with Gasteiger partial charge in [-0.05, 0) is 42.8 Å². The van der Waals surface area contributed by atoms with E-state index in [1.54, 1.807) is 43.3 Å². The average Bonchev–Trinajstić information content (AvgIpc) is 3.23. The Morgan fingerprint density at radius 2 is 1.86 bits per heavy atom. The Balaban J connectivity index is 1.62. The number of anilines is 1. The maximum Gasteiger partial charge on any atom is 0.291 e. The first kappa shape index (κ1) is 19.2. The van der Waals surface area contributed by atoms with Gasteiger partial charge in [0.2, 0.25) is 0 Å². The normalized spacial score (nSPS) is 10.4. The molecule has 0 aliphatic rings. The molecule has 0 bridgehead atoms. The van der Waals surface area contributed by atoms with Crippen LogP contribution >= 0.6 is 0 Å². The van der Waals surface area contributed by atoms with Gasteiger partial charge >= 0.3 is 0 Å². The number of para-hydroxylation sites is 2. The van der Waals surface area contributed by atoms with Crippen molar-refractivity contribution in [1.82, 2.24) is 5.32 Å². The number of ether oxygens (including phenoxy) is 1. The van der Waals surface area contributed by atoms with Crippen molar-refractivity contribution in [3.63, 3.8) is 0 Å². The topological polar surface area (TPSA) is 80.6 Å². The molecule has 0 fully saturated rings. The van der Waals surface area contributed by atoms with Crippen molar-refractivity contribution >= 4 is 17.5 Å². The fourth-order valence-electron chi connectivity index (χ4n) is 2.59. The number of carbonyl (C=O) groups is 2. The van der Waals surface area contributed by atoms with Crippen LogP contribution in [0.3, 0.4) is 0 Å². The van der Waals surface area contributed by atoms with Crippen molar-refractivity contribution in [3.8, 4) is 5.75 Å². The third kappa shape index (κ3) is 4.56. The summed E-state index contributed by atoms with van der Waals surface area (Å²) in [4.78, 5) is 24.8. The second-order valence-corrected chi connectivity index (χ2v) is 5.96. The summed E-state index contributed by atoms with van der Waals surface area (Å²) < 4.78 is 23.9. The average molecular weight is 382 g/mol. The molecule has 144 valence electrons. The smallest absolute Gasteiger partial charge is 0.291 e. The van der Waals surface area contributed by atoms with Crippen molar-refractivity contribution in [2.75, 3.05) is 18.5 Å². The minimum atomic E-state index is -0.463. The van der Waals surface area contributed by atoms with Gasteiger partial charge in [0.05, 0.1) is 24.1 Å². The molecule has 2 amide bonds. The SMILES string of the molecule is Cc1cccc(C(=O)NCCOc2ccccc2F)c1NC(=O)c1ccco1. The van der Waals surface area contributed by atoms with Crippen LogP contribution in [0.2, 0.25) is 0 Å². The zero-order chi connectivity index (χ0) is 19.9. The summed E-state index contributed by atoms with van der Waals surface area (Å²) in [5.74, 6) is -1.02. The van der Waals surface area contributed by atoms with Gasteiger partial charge in [-0.2, -0.15) is 0 Å². The van der Waals surface area contributed by atoms with Gasteiger partial charge in [0, 0.05) is 0 Å². The maximum absolute atomic E-state index is 13.5. The number of carbonyl (C=O) groups excluding carboxylic acids is 2. The molecule has 7 heteroatoms. The largest absolute Gasteiger partial charge is 0.489 e. The second kappa shape index (κ2) is 8.85. The molecule has 28 heavy (non-hydrogen) atoms. The highest BCUT2D eigenvalue weighted by molar-refractivity contribution is 6.08. The maximum atomic E-state index is 13.5. The van der Waals surface area contributed by atoms with Crippen molar-refractivity contribution < 1.29 is 23.1 Å². The molecule has 1 aromatic heterocycles. The molecule has 1 heterocycles. The number of furan rings is 1. The first-order valence-corrected chi connectivity index (χ1v) is 8.66. The molecule has 3 rings (SSSR count). The Bertz CT molecular complexity index is 970. The predicted octanol–water partition coefficient (Wildman–Crippen LogP) is 3.79. The number of hydrogen-bond acceptors (Lipinski definition) is 4. The minimum Gasteiger partial charge on any atom is -0.489 e. The molecule has 0 radical (unpaired) electrons. The number of nitrogens with one attached hydrogen (secondary N) is 2. The molecule has 0 spiro atoms. The third-order valence-corrected chi connectivity index (χ3v) is 3.98. The van der Waals surface area contributed by atoms with E-state index in [2.05, 4.69) is 10.6 Å². The molecular weight excluding hydrogens is 363 g/mol. The van der Waals surface area contributed by atoms with Crippen molar-refractivity contribution in [3.05, 3.63) is 83.6 Å². The van der Waals surface area contributed by atoms with Crippen LogP contribution in [0.15, 0.2) is 65.3 Å². The minimum absolute atomic E-state index is 0.104. The van der Waals surface area contributed by atoms with Crippen molar-refractivity contribution in [1.29, 1.82) is 0 Å². The van der Waals surface area contributed by atoms with E-state index in [0.29, 0.717) is 11.3 Å². The molecule has 0 saturated heterocycles. The summed E-state index contributed by atoms with van der Waals surface area (Å²) in [7, 11) is 0. The summed E-state index contributed by atoms with van der Waals surface area (Å²) in [6, 6.07) is 14.3. The Labute approximate surface area is 161 Å². The monoisotopic (exact) mass is 382 g/mol. The highest BCUT2D eigenvalue weighted by Gasteiger charge is 2.17. The summed E-state index contributed by atoms with van der Waals surface area (Å²) in [5.41, 5.74) is 1.44. The lowest BCUT2D eigenvalue weighted by Crippen LogP contribution is -2.29. The molecular formula is C21H19FN2O4. The standard InChI is InChI=1S/C21H19FN2O4/c1-14-6-4-7-15(19(14)24-21(26)18-10-5-12-27-18)20(25)23-11-13-28-17-9-3-2-8-16(17)22/h2-10,12H,11,13H2,1H3,(H,23,25)(H,24,26). The Hall–Kier alpha value is -3.61. The highest BCUT2D eigenvalue weighted by Crippen LogP contribution is 2.21. The highest BCUT2D eigenvalue weighted by atomic mass is 19.1. The van der Waals surface area contributed by atoms with E-state index in [0.717, 1.165) is 5.56 Å².